The van der Waals surface area contributed by atoms with E-state index in [1.54, 1.807) is 45.2 Å². The second-order valence-corrected chi connectivity index (χ2v) is 9.33. The van der Waals surface area contributed by atoms with Gasteiger partial charge in [0.25, 0.3) is 0 Å². The first-order valence-electron chi connectivity index (χ1n) is 9.01. The molecule has 1 amide bonds. The average molecular weight is 397 g/mol. The Balaban J connectivity index is 1.77. The second-order valence-electron chi connectivity index (χ2n) is 6.82. The quantitative estimate of drug-likeness (QED) is 0.676. The molecule has 146 valence electrons. The van der Waals surface area contributed by atoms with E-state index in [9.17, 15) is 13.2 Å². The number of hydrogen-bond donors (Lipinski definition) is 1. The monoisotopic (exact) mass is 397 g/mol. The van der Waals surface area contributed by atoms with Gasteiger partial charge in [0.2, 0.25) is 5.91 Å². The van der Waals surface area contributed by atoms with Crippen LogP contribution in [0.1, 0.15) is 19.4 Å². The standard InChI is InChI=1S/C22H23NO4S/c1-15(2)28(25,26)17-10-8-16(9-11-17)14-22(24)23-20-12-13-21(27-3)19-7-5-4-6-18(19)20/h4-13,15H,14H2,1-3H3,(H,23,24). The van der Waals surface area contributed by atoms with Crippen LogP contribution >= 0.6 is 0 Å². The van der Waals surface area contributed by atoms with E-state index >= 15 is 0 Å². The number of benzene rings is 3. The van der Waals surface area contributed by atoms with E-state index in [1.165, 1.54) is 0 Å². The summed E-state index contributed by atoms with van der Waals surface area (Å²) in [5.74, 6) is 0.574. The maximum atomic E-state index is 12.5. The fraction of sp³-hybridized carbons (Fsp3) is 0.227. The Morgan fingerprint density at radius 1 is 0.964 bits per heavy atom. The summed E-state index contributed by atoms with van der Waals surface area (Å²) in [5, 5.41) is 4.27. The molecule has 0 saturated carbocycles. The molecule has 6 heteroatoms. The fourth-order valence-corrected chi connectivity index (χ4v) is 4.07. The highest BCUT2D eigenvalue weighted by atomic mass is 32.2. The van der Waals surface area contributed by atoms with Gasteiger partial charge in [-0.3, -0.25) is 4.79 Å². The van der Waals surface area contributed by atoms with E-state index in [4.69, 9.17) is 4.74 Å². The molecule has 0 atom stereocenters. The lowest BCUT2D eigenvalue weighted by atomic mass is 10.1. The normalized spacial score (nSPS) is 11.6. The van der Waals surface area contributed by atoms with E-state index in [2.05, 4.69) is 5.32 Å². The molecule has 0 heterocycles. The number of anilines is 1. The van der Waals surface area contributed by atoms with Crippen LogP contribution in [0.3, 0.4) is 0 Å². The number of carbonyl (C=O) groups is 1. The number of amides is 1. The Morgan fingerprint density at radius 3 is 2.21 bits per heavy atom. The lowest BCUT2D eigenvalue weighted by Crippen LogP contribution is -2.16. The lowest BCUT2D eigenvalue weighted by molar-refractivity contribution is -0.115. The van der Waals surface area contributed by atoms with Gasteiger partial charge in [0.05, 0.1) is 23.7 Å². The Bertz CT molecular complexity index is 1100. The van der Waals surface area contributed by atoms with Crippen molar-refractivity contribution in [2.45, 2.75) is 30.4 Å². The number of rotatable bonds is 6. The number of ether oxygens (including phenoxy) is 1. The van der Waals surface area contributed by atoms with Gasteiger partial charge >= 0.3 is 0 Å². The third-order valence-corrected chi connectivity index (χ3v) is 6.79. The van der Waals surface area contributed by atoms with Crippen LogP contribution in [0.25, 0.3) is 10.8 Å². The van der Waals surface area contributed by atoms with Gasteiger partial charge in [-0.1, -0.05) is 36.4 Å². The summed E-state index contributed by atoms with van der Waals surface area (Å²) in [6, 6.07) is 17.8. The molecule has 0 bridgehead atoms. The Morgan fingerprint density at radius 2 is 1.61 bits per heavy atom. The first-order valence-corrected chi connectivity index (χ1v) is 10.6. The first-order chi connectivity index (χ1) is 13.3. The topological polar surface area (TPSA) is 72.5 Å². The van der Waals surface area contributed by atoms with Crippen LogP contribution in [0.15, 0.2) is 65.6 Å². The highest BCUT2D eigenvalue weighted by Gasteiger charge is 2.19. The molecule has 0 unspecified atom stereocenters. The molecule has 0 radical (unpaired) electrons. The van der Waals surface area contributed by atoms with Crippen molar-refractivity contribution in [2.75, 3.05) is 12.4 Å². The van der Waals surface area contributed by atoms with Crippen LogP contribution in [0, 0.1) is 0 Å². The number of sulfone groups is 1. The largest absolute Gasteiger partial charge is 0.496 e. The van der Waals surface area contributed by atoms with Crippen LogP contribution < -0.4 is 10.1 Å². The lowest BCUT2D eigenvalue weighted by Gasteiger charge is -2.12. The third-order valence-electron chi connectivity index (χ3n) is 4.62. The molecule has 0 fully saturated rings. The van der Waals surface area contributed by atoms with E-state index in [-0.39, 0.29) is 17.2 Å². The van der Waals surface area contributed by atoms with Crippen molar-refractivity contribution >= 4 is 32.2 Å². The SMILES string of the molecule is COc1ccc(NC(=O)Cc2ccc(S(=O)(=O)C(C)C)cc2)c2ccccc12. The highest BCUT2D eigenvalue weighted by Crippen LogP contribution is 2.31. The number of fused-ring (bicyclic) bond motifs is 1. The molecule has 3 aromatic carbocycles. The summed E-state index contributed by atoms with van der Waals surface area (Å²) >= 11 is 0. The summed E-state index contributed by atoms with van der Waals surface area (Å²) in [4.78, 5) is 12.8. The predicted molar refractivity (Wildman–Crippen MR) is 112 cm³/mol. The Hall–Kier alpha value is -2.86. The van der Waals surface area contributed by atoms with Gasteiger partial charge in [0, 0.05) is 16.5 Å². The van der Waals surface area contributed by atoms with Crippen molar-refractivity contribution in [1.82, 2.24) is 0 Å². The van der Waals surface area contributed by atoms with E-state index in [1.807, 2.05) is 36.4 Å². The number of hydrogen-bond acceptors (Lipinski definition) is 4. The highest BCUT2D eigenvalue weighted by molar-refractivity contribution is 7.92. The van der Waals surface area contributed by atoms with Crippen LogP contribution in [-0.4, -0.2) is 26.7 Å². The minimum atomic E-state index is -3.31. The third kappa shape index (κ3) is 4.02. The molecule has 3 aromatic rings. The Labute approximate surface area is 165 Å². The van der Waals surface area contributed by atoms with E-state index in [0.29, 0.717) is 5.69 Å². The molecule has 1 N–H and O–H groups in total. The maximum Gasteiger partial charge on any atom is 0.228 e. The van der Waals surface area contributed by atoms with Gasteiger partial charge in [-0.05, 0) is 43.7 Å². The second kappa shape index (κ2) is 8.02. The molecule has 0 aliphatic carbocycles. The molecule has 5 nitrogen and oxygen atoms in total. The zero-order chi connectivity index (χ0) is 20.3. The van der Waals surface area contributed by atoms with E-state index < -0.39 is 15.1 Å². The van der Waals surface area contributed by atoms with E-state index in [0.717, 1.165) is 22.1 Å². The zero-order valence-electron chi connectivity index (χ0n) is 16.1. The molecular weight excluding hydrogens is 374 g/mol. The van der Waals surface area contributed by atoms with Crippen molar-refractivity contribution in [1.29, 1.82) is 0 Å². The van der Waals surface area contributed by atoms with Crippen molar-refractivity contribution < 1.29 is 17.9 Å². The smallest absolute Gasteiger partial charge is 0.228 e. The van der Waals surface area contributed by atoms with Gasteiger partial charge in [-0.2, -0.15) is 0 Å². The summed E-state index contributed by atoms with van der Waals surface area (Å²) in [6.45, 7) is 3.30. The number of nitrogens with one attached hydrogen (secondary N) is 1. The zero-order valence-corrected chi connectivity index (χ0v) is 16.9. The maximum absolute atomic E-state index is 12.5. The van der Waals surface area contributed by atoms with Crippen LogP contribution in [-0.2, 0) is 21.1 Å². The minimum Gasteiger partial charge on any atom is -0.496 e. The molecule has 0 aliphatic heterocycles. The summed E-state index contributed by atoms with van der Waals surface area (Å²) in [6.07, 6.45) is 0.155. The van der Waals surface area contributed by atoms with Gasteiger partial charge in [-0.25, -0.2) is 8.42 Å². The van der Waals surface area contributed by atoms with Crippen molar-refractivity contribution in [3.05, 3.63) is 66.2 Å². The average Bonchev–Trinajstić information content (AvgIpc) is 2.68. The van der Waals surface area contributed by atoms with Gasteiger partial charge in [-0.15, -0.1) is 0 Å². The predicted octanol–water partition coefficient (Wildman–Crippen LogP) is 4.21. The molecular formula is C22H23NO4S. The molecule has 0 aromatic heterocycles. The van der Waals surface area contributed by atoms with Crippen LogP contribution in [0.4, 0.5) is 5.69 Å². The van der Waals surface area contributed by atoms with Gasteiger partial charge in [0.15, 0.2) is 9.84 Å². The minimum absolute atomic E-state index is 0.155. The van der Waals surface area contributed by atoms with Crippen molar-refractivity contribution in [3.63, 3.8) is 0 Å². The first kappa shape index (κ1) is 19.9. The van der Waals surface area contributed by atoms with Crippen LogP contribution in [0.2, 0.25) is 0 Å². The van der Waals surface area contributed by atoms with Crippen LogP contribution in [0.5, 0.6) is 5.75 Å². The summed E-state index contributed by atoms with van der Waals surface area (Å²) < 4.78 is 29.8. The summed E-state index contributed by atoms with van der Waals surface area (Å²) in [7, 11) is -1.70. The summed E-state index contributed by atoms with van der Waals surface area (Å²) in [5.41, 5.74) is 1.46. The van der Waals surface area contributed by atoms with Gasteiger partial charge < -0.3 is 10.1 Å². The molecule has 28 heavy (non-hydrogen) atoms. The van der Waals surface area contributed by atoms with Crippen molar-refractivity contribution in [3.8, 4) is 5.75 Å². The molecule has 3 rings (SSSR count). The molecule has 0 spiro atoms. The Kier molecular flexibility index (Phi) is 5.70. The number of methoxy groups -OCH3 is 1. The van der Waals surface area contributed by atoms with Crippen molar-refractivity contribution in [2.24, 2.45) is 0 Å². The molecule has 0 saturated heterocycles. The molecule has 0 aliphatic rings. The fourth-order valence-electron chi connectivity index (χ4n) is 3.01. The number of carbonyl (C=O) groups excluding carboxylic acids is 1. The van der Waals surface area contributed by atoms with Gasteiger partial charge in [0.1, 0.15) is 5.75 Å².